The Labute approximate surface area is 178 Å². The number of aromatic nitrogens is 2. The summed E-state index contributed by atoms with van der Waals surface area (Å²) in [6.45, 7) is 0. The van der Waals surface area contributed by atoms with Gasteiger partial charge in [0.05, 0.1) is 24.8 Å². The molecule has 2 aromatic heterocycles. The number of ketones is 1. The molecular weight excluding hydrogens is 396 g/mol. The van der Waals surface area contributed by atoms with Crippen LogP contribution < -0.4 is 9.47 Å². The van der Waals surface area contributed by atoms with Crippen molar-refractivity contribution in [3.8, 4) is 28.4 Å². The number of ether oxygens (including phenoxy) is 2. The molecule has 6 heteroatoms. The van der Waals surface area contributed by atoms with Gasteiger partial charge in [0.1, 0.15) is 5.69 Å². The molecular formula is C24H20N2O3S. The van der Waals surface area contributed by atoms with Gasteiger partial charge < -0.3 is 9.47 Å². The summed E-state index contributed by atoms with van der Waals surface area (Å²) in [6.07, 6.45) is 5.31. The molecule has 0 N–H and O–H groups in total. The lowest BCUT2D eigenvalue weighted by Crippen LogP contribution is -1.95. The van der Waals surface area contributed by atoms with E-state index in [-0.39, 0.29) is 5.78 Å². The quantitative estimate of drug-likeness (QED) is 0.294. The number of thiophene rings is 1. The molecule has 0 atom stereocenters. The van der Waals surface area contributed by atoms with E-state index in [4.69, 9.17) is 14.6 Å². The van der Waals surface area contributed by atoms with E-state index in [9.17, 15) is 4.79 Å². The zero-order chi connectivity index (χ0) is 20.9. The summed E-state index contributed by atoms with van der Waals surface area (Å²) in [4.78, 5) is 13.2. The van der Waals surface area contributed by atoms with Crippen molar-refractivity contribution >= 4 is 23.2 Å². The lowest BCUT2D eigenvalue weighted by atomic mass is 10.1. The van der Waals surface area contributed by atoms with Crippen molar-refractivity contribution < 1.29 is 14.3 Å². The van der Waals surface area contributed by atoms with Crippen molar-refractivity contribution in [2.45, 2.75) is 0 Å². The van der Waals surface area contributed by atoms with E-state index in [1.807, 2.05) is 72.2 Å². The molecule has 30 heavy (non-hydrogen) atoms. The van der Waals surface area contributed by atoms with Crippen LogP contribution >= 0.6 is 11.3 Å². The van der Waals surface area contributed by atoms with Gasteiger partial charge >= 0.3 is 0 Å². The molecule has 150 valence electrons. The van der Waals surface area contributed by atoms with Crippen LogP contribution in [0.3, 0.4) is 0 Å². The summed E-state index contributed by atoms with van der Waals surface area (Å²) in [6, 6.07) is 19.2. The summed E-state index contributed by atoms with van der Waals surface area (Å²) in [5.41, 5.74) is 3.38. The minimum absolute atomic E-state index is 0.0317. The Bertz CT molecular complexity index is 1180. The van der Waals surface area contributed by atoms with E-state index in [2.05, 4.69) is 0 Å². The zero-order valence-corrected chi connectivity index (χ0v) is 17.4. The molecule has 0 amide bonds. The number of carbonyl (C=O) groups is 1. The topological polar surface area (TPSA) is 53.4 Å². The van der Waals surface area contributed by atoms with Gasteiger partial charge in [0.2, 0.25) is 0 Å². The van der Waals surface area contributed by atoms with E-state index < -0.39 is 0 Å². The lowest BCUT2D eigenvalue weighted by molar-refractivity contribution is 0.105. The Kier molecular flexibility index (Phi) is 5.77. The van der Waals surface area contributed by atoms with Gasteiger partial charge in [-0.25, -0.2) is 4.68 Å². The number of methoxy groups -OCH3 is 2. The predicted molar refractivity (Wildman–Crippen MR) is 120 cm³/mol. The first kappa shape index (κ1) is 19.7. The molecule has 0 fully saturated rings. The first-order valence-electron chi connectivity index (χ1n) is 9.33. The lowest BCUT2D eigenvalue weighted by Gasteiger charge is -2.09. The SMILES string of the molecule is COc1ccc(-c2nn(-c3ccccc3)cc2/C=C\C(=O)c2cccs2)cc1OC. The Morgan fingerprint density at radius 3 is 2.50 bits per heavy atom. The normalized spacial score (nSPS) is 11.0. The van der Waals surface area contributed by atoms with Crippen molar-refractivity contribution in [3.05, 3.63) is 88.8 Å². The molecule has 4 rings (SSSR count). The van der Waals surface area contributed by atoms with Gasteiger partial charge in [-0.3, -0.25) is 4.79 Å². The average molecular weight is 417 g/mol. The standard InChI is InChI=1S/C24H20N2O3S/c1-28-21-13-11-17(15-22(21)29-2)24-18(10-12-20(27)23-9-6-14-30-23)16-26(25-24)19-7-4-3-5-8-19/h3-16H,1-2H3/b12-10-. The van der Waals surface area contributed by atoms with Crippen LogP contribution in [-0.2, 0) is 0 Å². The first-order valence-corrected chi connectivity index (χ1v) is 10.2. The fourth-order valence-corrected chi connectivity index (χ4v) is 3.74. The van der Waals surface area contributed by atoms with Gasteiger partial charge in [-0.2, -0.15) is 5.10 Å². The van der Waals surface area contributed by atoms with E-state index in [1.54, 1.807) is 31.1 Å². The molecule has 0 saturated heterocycles. The van der Waals surface area contributed by atoms with E-state index in [0.29, 0.717) is 16.4 Å². The number of carbonyl (C=O) groups excluding carboxylic acids is 1. The molecule has 0 saturated carbocycles. The van der Waals surface area contributed by atoms with Crippen molar-refractivity contribution in [2.75, 3.05) is 14.2 Å². The van der Waals surface area contributed by atoms with Crippen LogP contribution in [-0.4, -0.2) is 29.8 Å². The first-order chi connectivity index (χ1) is 14.7. The average Bonchev–Trinajstić information content (AvgIpc) is 3.48. The third-order valence-electron chi connectivity index (χ3n) is 4.60. The number of benzene rings is 2. The number of rotatable bonds is 7. The Morgan fingerprint density at radius 2 is 1.80 bits per heavy atom. The van der Waals surface area contributed by atoms with Crippen LogP contribution in [0.5, 0.6) is 11.5 Å². The summed E-state index contributed by atoms with van der Waals surface area (Å²) in [5, 5.41) is 6.68. The highest BCUT2D eigenvalue weighted by Crippen LogP contribution is 2.33. The fourth-order valence-electron chi connectivity index (χ4n) is 3.10. The maximum Gasteiger partial charge on any atom is 0.195 e. The van der Waals surface area contributed by atoms with Crippen molar-refractivity contribution in [2.24, 2.45) is 0 Å². The monoisotopic (exact) mass is 416 g/mol. The molecule has 0 aliphatic carbocycles. The smallest absolute Gasteiger partial charge is 0.195 e. The summed E-state index contributed by atoms with van der Waals surface area (Å²) >= 11 is 1.43. The van der Waals surface area contributed by atoms with Gasteiger partial charge in [-0.05, 0) is 53.9 Å². The highest BCUT2D eigenvalue weighted by atomic mass is 32.1. The van der Waals surface area contributed by atoms with Gasteiger partial charge in [0.15, 0.2) is 17.3 Å². The van der Waals surface area contributed by atoms with Crippen LogP contribution in [0.25, 0.3) is 23.0 Å². The molecule has 0 spiro atoms. The second-order valence-electron chi connectivity index (χ2n) is 6.46. The van der Waals surface area contributed by atoms with E-state index in [1.165, 1.54) is 11.3 Å². The summed E-state index contributed by atoms with van der Waals surface area (Å²) in [5.74, 6) is 1.23. The maximum absolute atomic E-state index is 12.4. The number of nitrogens with zero attached hydrogens (tertiary/aromatic N) is 2. The number of hydrogen-bond donors (Lipinski definition) is 0. The van der Waals surface area contributed by atoms with Crippen LogP contribution in [0.1, 0.15) is 15.2 Å². The second kappa shape index (κ2) is 8.80. The van der Waals surface area contributed by atoms with Crippen LogP contribution in [0.2, 0.25) is 0 Å². The molecule has 0 unspecified atom stereocenters. The Morgan fingerprint density at radius 1 is 1.00 bits per heavy atom. The minimum Gasteiger partial charge on any atom is -0.493 e. The molecule has 2 aromatic carbocycles. The molecule has 0 bridgehead atoms. The molecule has 2 heterocycles. The van der Waals surface area contributed by atoms with Crippen LogP contribution in [0, 0.1) is 0 Å². The van der Waals surface area contributed by atoms with E-state index in [0.717, 1.165) is 22.5 Å². The van der Waals surface area contributed by atoms with Crippen LogP contribution in [0.4, 0.5) is 0 Å². The third kappa shape index (κ3) is 4.04. The maximum atomic E-state index is 12.4. The Hall–Kier alpha value is -3.64. The van der Waals surface area contributed by atoms with Gasteiger partial charge in [0.25, 0.3) is 0 Å². The minimum atomic E-state index is -0.0317. The number of hydrogen-bond acceptors (Lipinski definition) is 5. The molecule has 5 nitrogen and oxygen atoms in total. The molecule has 0 aliphatic rings. The molecule has 4 aromatic rings. The second-order valence-corrected chi connectivity index (χ2v) is 7.41. The third-order valence-corrected chi connectivity index (χ3v) is 5.48. The largest absolute Gasteiger partial charge is 0.493 e. The molecule has 0 radical (unpaired) electrons. The van der Waals surface area contributed by atoms with E-state index >= 15 is 0 Å². The highest BCUT2D eigenvalue weighted by molar-refractivity contribution is 7.12. The van der Waals surface area contributed by atoms with Crippen molar-refractivity contribution in [3.63, 3.8) is 0 Å². The van der Waals surface area contributed by atoms with Crippen LogP contribution in [0.15, 0.2) is 78.3 Å². The summed E-state index contributed by atoms with van der Waals surface area (Å²) in [7, 11) is 3.21. The number of allylic oxidation sites excluding steroid dienone is 1. The van der Waals surface area contributed by atoms with Gasteiger partial charge in [-0.1, -0.05) is 24.3 Å². The van der Waals surface area contributed by atoms with Gasteiger partial charge in [-0.15, -0.1) is 11.3 Å². The molecule has 0 aliphatic heterocycles. The predicted octanol–water partition coefficient (Wildman–Crippen LogP) is 5.51. The fraction of sp³-hybridized carbons (Fsp3) is 0.0833. The zero-order valence-electron chi connectivity index (χ0n) is 16.6. The highest BCUT2D eigenvalue weighted by Gasteiger charge is 2.14. The Balaban J connectivity index is 1.78. The van der Waals surface area contributed by atoms with Gasteiger partial charge in [0, 0.05) is 17.3 Å². The summed E-state index contributed by atoms with van der Waals surface area (Å²) < 4.78 is 12.6. The number of para-hydroxylation sites is 1. The van der Waals surface area contributed by atoms with Crippen molar-refractivity contribution in [1.29, 1.82) is 0 Å². The van der Waals surface area contributed by atoms with Crippen molar-refractivity contribution in [1.82, 2.24) is 9.78 Å².